The van der Waals surface area contributed by atoms with Gasteiger partial charge in [-0.1, -0.05) is 6.07 Å². The Morgan fingerprint density at radius 2 is 2.08 bits per heavy atom. The molecular weight excluding hydrogens is 169 g/mol. The van der Waals surface area contributed by atoms with Crippen molar-refractivity contribution in [2.24, 2.45) is 0 Å². The molecule has 1 amide bonds. The Hall–Kier alpha value is -1.38. The third kappa shape index (κ3) is 2.05. The summed E-state index contributed by atoms with van der Waals surface area (Å²) in [5.74, 6) is -0.651. The molecule has 0 aliphatic rings. The minimum Gasteiger partial charge on any atom is -0.345 e. The normalized spacial score (nSPS) is 9.85. The first-order chi connectivity index (χ1) is 6.02. The number of nitrogens with zero attached hydrogens (tertiary/aromatic N) is 1. The van der Waals surface area contributed by atoms with Crippen molar-refractivity contribution in [2.45, 2.75) is 0 Å². The fraction of sp³-hybridized carbons (Fsp3) is 0.200. The van der Waals surface area contributed by atoms with Gasteiger partial charge in [-0.2, -0.15) is 0 Å². The summed E-state index contributed by atoms with van der Waals surface area (Å²) < 4.78 is 12.8. The Labute approximate surface area is 77.0 Å². The van der Waals surface area contributed by atoms with Crippen LogP contribution in [0.15, 0.2) is 18.2 Å². The first-order valence-corrected chi connectivity index (χ1v) is 3.85. The van der Waals surface area contributed by atoms with Crippen molar-refractivity contribution < 1.29 is 9.18 Å². The van der Waals surface area contributed by atoms with E-state index in [-0.39, 0.29) is 5.91 Å². The molecule has 0 unspecified atom stereocenters. The number of rotatable bonds is 1. The number of halogens is 1. The molecule has 0 aromatic heterocycles. The first-order valence-electron chi connectivity index (χ1n) is 3.85. The van der Waals surface area contributed by atoms with E-state index in [9.17, 15) is 9.18 Å². The van der Waals surface area contributed by atoms with Crippen molar-refractivity contribution in [3.63, 3.8) is 0 Å². The molecule has 13 heavy (non-hydrogen) atoms. The first kappa shape index (κ1) is 9.71. The molecule has 3 heteroatoms. The molecule has 0 spiro atoms. The molecule has 0 atom stereocenters. The summed E-state index contributed by atoms with van der Waals surface area (Å²) in [5.41, 5.74) is 0.852. The molecule has 0 N–H and O–H groups in total. The van der Waals surface area contributed by atoms with E-state index in [2.05, 4.69) is 6.92 Å². The van der Waals surface area contributed by atoms with Gasteiger partial charge in [0.05, 0.1) is 0 Å². The summed E-state index contributed by atoms with van der Waals surface area (Å²) in [4.78, 5) is 12.8. The highest BCUT2D eigenvalue weighted by molar-refractivity contribution is 5.95. The number of hydrogen-bond acceptors (Lipinski definition) is 1. The second-order valence-electron chi connectivity index (χ2n) is 3.00. The van der Waals surface area contributed by atoms with Gasteiger partial charge in [0.2, 0.25) is 0 Å². The maximum atomic E-state index is 12.8. The van der Waals surface area contributed by atoms with Gasteiger partial charge in [-0.05, 0) is 24.6 Å². The number of carbonyl (C=O) groups is 1. The van der Waals surface area contributed by atoms with E-state index in [1.165, 1.54) is 23.1 Å². The Morgan fingerprint density at radius 1 is 1.46 bits per heavy atom. The molecule has 1 rings (SSSR count). The quantitative estimate of drug-likeness (QED) is 0.644. The minimum absolute atomic E-state index is 0.232. The largest absolute Gasteiger partial charge is 0.345 e. The lowest BCUT2D eigenvalue weighted by molar-refractivity contribution is 0.0826. The summed E-state index contributed by atoms with van der Waals surface area (Å²) in [6, 6.07) is 3.98. The highest BCUT2D eigenvalue weighted by Crippen LogP contribution is 2.11. The monoisotopic (exact) mass is 180 g/mol. The third-order valence-electron chi connectivity index (χ3n) is 1.71. The van der Waals surface area contributed by atoms with Crippen LogP contribution < -0.4 is 0 Å². The molecule has 0 aliphatic heterocycles. The van der Waals surface area contributed by atoms with Gasteiger partial charge < -0.3 is 4.90 Å². The smallest absolute Gasteiger partial charge is 0.253 e. The van der Waals surface area contributed by atoms with Crippen molar-refractivity contribution in [3.8, 4) is 0 Å². The van der Waals surface area contributed by atoms with E-state index in [0.717, 1.165) is 0 Å². The molecule has 2 nitrogen and oxygen atoms in total. The molecule has 1 radical (unpaired) electrons. The van der Waals surface area contributed by atoms with E-state index in [1.54, 1.807) is 14.1 Å². The highest BCUT2D eigenvalue weighted by Gasteiger charge is 2.11. The van der Waals surface area contributed by atoms with Crippen molar-refractivity contribution in [1.82, 2.24) is 4.90 Å². The summed E-state index contributed by atoms with van der Waals surface area (Å²) >= 11 is 0. The lowest BCUT2D eigenvalue weighted by Crippen LogP contribution is -2.22. The zero-order valence-corrected chi connectivity index (χ0v) is 7.67. The van der Waals surface area contributed by atoms with Crippen LogP contribution >= 0.6 is 0 Å². The third-order valence-corrected chi connectivity index (χ3v) is 1.71. The van der Waals surface area contributed by atoms with Crippen molar-refractivity contribution in [2.75, 3.05) is 14.1 Å². The van der Waals surface area contributed by atoms with Gasteiger partial charge >= 0.3 is 0 Å². The molecule has 0 saturated carbocycles. The van der Waals surface area contributed by atoms with Gasteiger partial charge in [0, 0.05) is 19.7 Å². The molecule has 1 aromatic carbocycles. The van der Waals surface area contributed by atoms with Crippen LogP contribution in [0.4, 0.5) is 4.39 Å². The molecule has 0 heterocycles. The average Bonchev–Trinajstić information content (AvgIpc) is 2.08. The van der Waals surface area contributed by atoms with E-state index >= 15 is 0 Å². The van der Waals surface area contributed by atoms with Crippen LogP contribution in [-0.2, 0) is 0 Å². The molecule has 0 bridgehead atoms. The van der Waals surface area contributed by atoms with Crippen LogP contribution in [0.5, 0.6) is 0 Å². The summed E-state index contributed by atoms with van der Waals surface area (Å²) in [5, 5.41) is 0. The Balaban J connectivity index is 3.13. The number of hydrogen-bond donors (Lipinski definition) is 0. The number of amides is 1. The van der Waals surface area contributed by atoms with Gasteiger partial charge in [-0.3, -0.25) is 4.79 Å². The van der Waals surface area contributed by atoms with E-state index < -0.39 is 5.82 Å². The Bertz CT molecular complexity index is 334. The molecule has 0 fully saturated rings. The summed E-state index contributed by atoms with van der Waals surface area (Å²) in [7, 11) is 3.24. The molecular formula is C10H11FNO. The average molecular weight is 180 g/mol. The SMILES string of the molecule is [CH2]c1ccc(F)cc1C(=O)N(C)C. The van der Waals surface area contributed by atoms with Gasteiger partial charge in [-0.25, -0.2) is 4.39 Å². The maximum Gasteiger partial charge on any atom is 0.253 e. The van der Waals surface area contributed by atoms with Crippen molar-refractivity contribution >= 4 is 5.91 Å². The van der Waals surface area contributed by atoms with E-state index in [1.807, 2.05) is 0 Å². The highest BCUT2D eigenvalue weighted by atomic mass is 19.1. The van der Waals surface area contributed by atoms with Crippen LogP contribution in [0.1, 0.15) is 15.9 Å². The number of benzene rings is 1. The molecule has 1 aromatic rings. The fourth-order valence-corrected chi connectivity index (χ4v) is 0.989. The minimum atomic E-state index is -0.419. The lowest BCUT2D eigenvalue weighted by Gasteiger charge is -2.11. The summed E-state index contributed by atoms with van der Waals surface area (Å²) in [6.07, 6.45) is 0. The van der Waals surface area contributed by atoms with Gasteiger partial charge in [-0.15, -0.1) is 0 Å². The Morgan fingerprint density at radius 3 is 2.62 bits per heavy atom. The fourth-order valence-electron chi connectivity index (χ4n) is 0.989. The van der Waals surface area contributed by atoms with Gasteiger partial charge in [0.1, 0.15) is 5.82 Å². The number of carbonyl (C=O) groups excluding carboxylic acids is 1. The Kier molecular flexibility index (Phi) is 2.66. The van der Waals surface area contributed by atoms with E-state index in [0.29, 0.717) is 11.1 Å². The predicted molar refractivity (Wildman–Crippen MR) is 48.9 cm³/mol. The topological polar surface area (TPSA) is 20.3 Å². The van der Waals surface area contributed by atoms with Crippen LogP contribution in [-0.4, -0.2) is 24.9 Å². The zero-order valence-electron chi connectivity index (χ0n) is 7.67. The molecule has 0 aliphatic carbocycles. The van der Waals surface area contributed by atoms with Crippen molar-refractivity contribution in [1.29, 1.82) is 0 Å². The van der Waals surface area contributed by atoms with Crippen LogP contribution in [0, 0.1) is 12.7 Å². The van der Waals surface area contributed by atoms with Gasteiger partial charge in [0.15, 0.2) is 0 Å². The van der Waals surface area contributed by atoms with Crippen molar-refractivity contribution in [3.05, 3.63) is 42.1 Å². The maximum absolute atomic E-state index is 12.8. The van der Waals surface area contributed by atoms with Crippen LogP contribution in [0.2, 0.25) is 0 Å². The lowest BCUT2D eigenvalue weighted by atomic mass is 10.1. The molecule has 69 valence electrons. The standard InChI is InChI=1S/C10H11FNO/c1-7-4-5-8(11)6-9(7)10(13)12(2)3/h4-6H,1H2,2-3H3. The second kappa shape index (κ2) is 3.56. The second-order valence-corrected chi connectivity index (χ2v) is 3.00. The summed E-state index contributed by atoms with van der Waals surface area (Å²) in [6.45, 7) is 3.65. The predicted octanol–water partition coefficient (Wildman–Crippen LogP) is 1.71. The van der Waals surface area contributed by atoms with Gasteiger partial charge in [0.25, 0.3) is 5.91 Å². The van der Waals surface area contributed by atoms with Crippen LogP contribution in [0.25, 0.3) is 0 Å². The zero-order chi connectivity index (χ0) is 10.0. The molecule has 0 saturated heterocycles. The van der Waals surface area contributed by atoms with E-state index in [4.69, 9.17) is 0 Å². The van der Waals surface area contributed by atoms with Crippen LogP contribution in [0.3, 0.4) is 0 Å².